The molecule has 0 aliphatic heterocycles. The molecule has 0 fully saturated rings. The van der Waals surface area contributed by atoms with E-state index >= 15 is 0 Å². The van der Waals surface area contributed by atoms with Crippen LogP contribution < -0.4 is 10.8 Å². The third kappa shape index (κ3) is 4.73. The van der Waals surface area contributed by atoms with Crippen LogP contribution in [-0.4, -0.2) is 29.4 Å². The van der Waals surface area contributed by atoms with Gasteiger partial charge in [-0.1, -0.05) is 6.07 Å². The van der Waals surface area contributed by atoms with Crippen molar-refractivity contribution in [3.05, 3.63) is 55.3 Å². The quantitative estimate of drug-likeness (QED) is 0.180. The van der Waals surface area contributed by atoms with Gasteiger partial charge in [0.15, 0.2) is 5.82 Å². The first-order valence-electron chi connectivity index (χ1n) is 8.09. The van der Waals surface area contributed by atoms with Crippen molar-refractivity contribution >= 4 is 55.8 Å². The highest BCUT2D eigenvalue weighted by atomic mass is 127. The van der Waals surface area contributed by atoms with E-state index in [-0.39, 0.29) is 12.1 Å². The van der Waals surface area contributed by atoms with Crippen LogP contribution in [0.15, 0.2) is 34.8 Å². The first-order valence-corrected chi connectivity index (χ1v) is 9.97. The van der Waals surface area contributed by atoms with Crippen LogP contribution >= 0.6 is 38.5 Å². The van der Waals surface area contributed by atoms with Gasteiger partial charge in [0, 0.05) is 13.6 Å². The molecule has 16 heteroatoms. The summed E-state index contributed by atoms with van der Waals surface area (Å²) in [6.07, 6.45) is -13.6. The summed E-state index contributed by atoms with van der Waals surface area (Å²) in [5.41, 5.74) is -8.48. The number of hydrogen-bond donors (Lipinski definition) is 3. The lowest BCUT2D eigenvalue weighted by atomic mass is 9.87. The maximum absolute atomic E-state index is 14.7. The molecule has 0 saturated heterocycles. The molecular formula is C17H8BrF10IN2O2. The number of amides is 1. The van der Waals surface area contributed by atoms with Crippen molar-refractivity contribution in [3.8, 4) is 0 Å². The van der Waals surface area contributed by atoms with Crippen molar-refractivity contribution in [2.45, 2.75) is 23.9 Å². The average molecular weight is 669 g/mol. The monoisotopic (exact) mass is 668 g/mol. The van der Waals surface area contributed by atoms with Gasteiger partial charge in [-0.3, -0.25) is 15.5 Å². The Bertz CT molecular complexity index is 1050. The molecule has 0 spiro atoms. The summed E-state index contributed by atoms with van der Waals surface area (Å²) in [6.45, 7) is 0. The van der Waals surface area contributed by atoms with E-state index in [1.807, 2.05) is 5.32 Å². The smallest absolute Gasteiger partial charge is 0.320 e. The Labute approximate surface area is 199 Å². The number of anilines is 2. The second-order valence-electron chi connectivity index (χ2n) is 6.28. The minimum atomic E-state index is -6.90. The third-order valence-electron chi connectivity index (χ3n) is 4.22. The topological polar surface area (TPSA) is 61.4 Å². The summed E-state index contributed by atoms with van der Waals surface area (Å²) in [5, 5.41) is 10.8. The van der Waals surface area contributed by atoms with E-state index in [9.17, 15) is 48.7 Å². The Morgan fingerprint density at radius 3 is 2.00 bits per heavy atom. The second kappa shape index (κ2) is 9.09. The lowest BCUT2D eigenvalue weighted by Gasteiger charge is -2.36. The van der Waals surface area contributed by atoms with Crippen LogP contribution in [0.2, 0.25) is 0 Å². The van der Waals surface area contributed by atoms with Crippen LogP contribution in [-0.2, 0) is 5.67 Å². The molecule has 3 N–H and O–H groups in total. The van der Waals surface area contributed by atoms with Gasteiger partial charge in [0.25, 0.3) is 5.91 Å². The zero-order chi connectivity index (χ0) is 25.6. The summed E-state index contributed by atoms with van der Waals surface area (Å²) >= 11 is 3.75. The van der Waals surface area contributed by atoms with E-state index in [0.717, 1.165) is 40.8 Å². The molecule has 0 aliphatic carbocycles. The largest absolute Gasteiger partial charge is 0.457 e. The summed E-state index contributed by atoms with van der Waals surface area (Å²) in [4.78, 5) is 12.3. The van der Waals surface area contributed by atoms with Gasteiger partial charge in [-0.05, 0) is 62.8 Å². The van der Waals surface area contributed by atoms with Crippen LogP contribution in [0.25, 0.3) is 0 Å². The lowest BCUT2D eigenvalue weighted by molar-refractivity contribution is -0.389. The predicted octanol–water partition coefficient (Wildman–Crippen LogP) is 7.17. The Hall–Kier alpha value is -1.82. The molecule has 2 aromatic rings. The zero-order valence-electron chi connectivity index (χ0n) is 15.3. The summed E-state index contributed by atoms with van der Waals surface area (Å²) in [7, 11) is 0. The SMILES string of the molecule is O=C(Nc1c(Br)cc(C(F)(C(F)(F)F)C(F)(F)C(F)(F)F)cc1I)c1cccc(NO)c1F. The maximum atomic E-state index is 14.7. The molecule has 33 heavy (non-hydrogen) atoms. The van der Waals surface area contributed by atoms with Crippen LogP contribution in [0.4, 0.5) is 55.3 Å². The fraction of sp³-hybridized carbons (Fsp3) is 0.235. The van der Waals surface area contributed by atoms with E-state index in [4.69, 9.17) is 5.21 Å². The number of halogens is 12. The van der Waals surface area contributed by atoms with Crippen LogP contribution in [0.5, 0.6) is 0 Å². The van der Waals surface area contributed by atoms with Gasteiger partial charge in [0.05, 0.1) is 16.9 Å². The standard InChI is InChI=1S/C17H8BrF10IN2O2/c18-8-4-6(14(20,16(23,24)25)15(21,22)17(26,27)28)5-9(29)12(8)30-13(32)7-2-1-3-10(31-33)11(7)19/h1-5,31,33H,(H,30,32). The minimum Gasteiger partial charge on any atom is -0.320 e. The number of benzene rings is 2. The van der Waals surface area contributed by atoms with Crippen molar-refractivity contribution in [2.75, 3.05) is 10.8 Å². The van der Waals surface area contributed by atoms with Gasteiger partial charge < -0.3 is 5.32 Å². The Kier molecular flexibility index (Phi) is 7.55. The van der Waals surface area contributed by atoms with Gasteiger partial charge in [-0.25, -0.2) is 8.78 Å². The molecule has 0 saturated carbocycles. The van der Waals surface area contributed by atoms with Crippen LogP contribution in [0.1, 0.15) is 15.9 Å². The van der Waals surface area contributed by atoms with Gasteiger partial charge in [0.1, 0.15) is 0 Å². The van der Waals surface area contributed by atoms with Gasteiger partial charge >= 0.3 is 23.9 Å². The predicted molar refractivity (Wildman–Crippen MR) is 106 cm³/mol. The minimum absolute atomic E-state index is 0.00697. The first kappa shape index (κ1) is 27.4. The van der Waals surface area contributed by atoms with Crippen molar-refractivity contribution in [2.24, 2.45) is 0 Å². The van der Waals surface area contributed by atoms with Gasteiger partial charge in [-0.2, -0.15) is 35.1 Å². The highest BCUT2D eigenvalue weighted by Gasteiger charge is 2.81. The first-order chi connectivity index (χ1) is 14.9. The molecule has 4 nitrogen and oxygen atoms in total. The highest BCUT2D eigenvalue weighted by molar-refractivity contribution is 14.1. The number of hydrogen-bond acceptors (Lipinski definition) is 3. The molecule has 2 aromatic carbocycles. The van der Waals surface area contributed by atoms with Crippen molar-refractivity contribution in [1.29, 1.82) is 0 Å². The van der Waals surface area contributed by atoms with Crippen molar-refractivity contribution in [1.82, 2.24) is 0 Å². The van der Waals surface area contributed by atoms with E-state index in [0.29, 0.717) is 0 Å². The molecule has 1 unspecified atom stereocenters. The summed E-state index contributed by atoms with van der Waals surface area (Å²) in [6, 6.07) is 3.16. The highest BCUT2D eigenvalue weighted by Crippen LogP contribution is 2.58. The molecular weight excluding hydrogens is 661 g/mol. The molecule has 0 heterocycles. The van der Waals surface area contributed by atoms with Crippen molar-refractivity contribution < 1.29 is 53.9 Å². The Morgan fingerprint density at radius 1 is 0.970 bits per heavy atom. The lowest BCUT2D eigenvalue weighted by Crippen LogP contribution is -2.59. The second-order valence-corrected chi connectivity index (χ2v) is 8.29. The molecule has 2 rings (SSSR count). The maximum Gasteiger partial charge on any atom is 0.457 e. The van der Waals surface area contributed by atoms with Crippen molar-refractivity contribution in [3.63, 3.8) is 0 Å². The average Bonchev–Trinajstić information content (AvgIpc) is 2.68. The summed E-state index contributed by atoms with van der Waals surface area (Å²) < 4.78 is 133. The fourth-order valence-electron chi connectivity index (χ4n) is 2.58. The molecule has 182 valence electrons. The summed E-state index contributed by atoms with van der Waals surface area (Å²) in [5.74, 6) is -9.35. The normalized spacial score (nSPS) is 14.6. The van der Waals surface area contributed by atoms with E-state index in [1.165, 1.54) is 5.48 Å². The number of carbonyl (C=O) groups excluding carboxylic acids is 1. The Morgan fingerprint density at radius 2 is 1.55 bits per heavy atom. The Balaban J connectivity index is 2.59. The number of nitrogens with one attached hydrogen (secondary N) is 2. The van der Waals surface area contributed by atoms with E-state index in [1.54, 1.807) is 0 Å². The molecule has 0 aliphatic rings. The van der Waals surface area contributed by atoms with Gasteiger partial charge in [-0.15, -0.1) is 0 Å². The molecule has 1 amide bonds. The van der Waals surface area contributed by atoms with E-state index in [2.05, 4.69) is 15.9 Å². The van der Waals surface area contributed by atoms with Crippen LogP contribution in [0.3, 0.4) is 0 Å². The molecule has 0 radical (unpaired) electrons. The molecule has 1 atom stereocenters. The zero-order valence-corrected chi connectivity index (χ0v) is 19.0. The number of rotatable bonds is 5. The fourth-order valence-corrected chi connectivity index (χ4v) is 4.28. The molecule has 0 bridgehead atoms. The molecule has 0 aromatic heterocycles. The van der Waals surface area contributed by atoms with Crippen LogP contribution in [0, 0.1) is 9.39 Å². The number of alkyl halides is 9. The third-order valence-corrected chi connectivity index (χ3v) is 5.70. The van der Waals surface area contributed by atoms with E-state index < -0.39 is 66.2 Å². The number of carbonyl (C=O) groups is 1. The van der Waals surface area contributed by atoms with Gasteiger partial charge in [0.2, 0.25) is 0 Å².